The van der Waals surface area contributed by atoms with Crippen LogP contribution in [0.1, 0.15) is 52.0 Å². The van der Waals surface area contributed by atoms with Crippen LogP contribution < -0.4 is 4.74 Å². The summed E-state index contributed by atoms with van der Waals surface area (Å²) >= 11 is 0. The van der Waals surface area contributed by atoms with E-state index >= 15 is 0 Å². The molecule has 0 saturated carbocycles. The van der Waals surface area contributed by atoms with Crippen molar-refractivity contribution in [3.05, 3.63) is 54.1 Å². The highest BCUT2D eigenvalue weighted by Gasteiger charge is 2.08. The van der Waals surface area contributed by atoms with Gasteiger partial charge in [-0.25, -0.2) is 0 Å². The Hall–Kier alpha value is -1.76. The van der Waals surface area contributed by atoms with Gasteiger partial charge in [-0.2, -0.15) is 0 Å². The Morgan fingerprint density at radius 1 is 0.739 bits per heavy atom. The molecule has 0 aliphatic rings. The molecule has 0 fully saturated rings. The summed E-state index contributed by atoms with van der Waals surface area (Å²) in [5, 5.41) is 0. The molecular weight excluding hydrogens is 280 g/mol. The van der Waals surface area contributed by atoms with Crippen LogP contribution in [0.4, 0.5) is 0 Å². The van der Waals surface area contributed by atoms with Crippen LogP contribution in [0.15, 0.2) is 48.5 Å². The van der Waals surface area contributed by atoms with Crippen LogP contribution in [0, 0.1) is 5.92 Å². The van der Waals surface area contributed by atoms with Crippen LogP contribution >= 0.6 is 0 Å². The lowest BCUT2D eigenvalue weighted by Gasteiger charge is -2.16. The van der Waals surface area contributed by atoms with Crippen molar-refractivity contribution in [2.75, 3.05) is 6.61 Å². The molecule has 2 rings (SSSR count). The van der Waals surface area contributed by atoms with Gasteiger partial charge in [0.25, 0.3) is 0 Å². The Bertz CT molecular complexity index is 548. The van der Waals surface area contributed by atoms with Gasteiger partial charge in [0.1, 0.15) is 5.75 Å². The third kappa shape index (κ3) is 5.42. The first-order chi connectivity index (χ1) is 11.3. The number of hydrogen-bond donors (Lipinski definition) is 0. The largest absolute Gasteiger partial charge is 0.493 e. The number of ether oxygens (including phenoxy) is 1. The van der Waals surface area contributed by atoms with Crippen molar-refractivity contribution in [3.63, 3.8) is 0 Å². The zero-order chi connectivity index (χ0) is 16.5. The topological polar surface area (TPSA) is 9.23 Å². The number of hydrogen-bond acceptors (Lipinski definition) is 1. The molecule has 0 saturated heterocycles. The summed E-state index contributed by atoms with van der Waals surface area (Å²) in [4.78, 5) is 0. The Morgan fingerprint density at radius 2 is 1.26 bits per heavy atom. The summed E-state index contributed by atoms with van der Waals surface area (Å²) in [6.45, 7) is 7.53. The molecule has 0 bridgehead atoms. The quantitative estimate of drug-likeness (QED) is 0.513. The van der Waals surface area contributed by atoms with Crippen molar-refractivity contribution in [1.29, 1.82) is 0 Å². The molecule has 0 N–H and O–H groups in total. The highest BCUT2D eigenvalue weighted by molar-refractivity contribution is 5.64. The van der Waals surface area contributed by atoms with E-state index in [-0.39, 0.29) is 0 Å². The monoisotopic (exact) mass is 310 g/mol. The maximum atomic E-state index is 6.00. The highest BCUT2D eigenvalue weighted by Crippen LogP contribution is 2.24. The minimum Gasteiger partial charge on any atom is -0.493 e. The van der Waals surface area contributed by atoms with Crippen molar-refractivity contribution < 1.29 is 4.74 Å². The van der Waals surface area contributed by atoms with E-state index in [1.807, 2.05) is 0 Å². The number of benzene rings is 2. The van der Waals surface area contributed by atoms with E-state index in [1.165, 1.54) is 42.4 Å². The van der Waals surface area contributed by atoms with Crippen molar-refractivity contribution >= 4 is 0 Å². The summed E-state index contributed by atoms with van der Waals surface area (Å²) in [6.07, 6.45) is 6.08. The van der Waals surface area contributed by atoms with Crippen LogP contribution in [-0.2, 0) is 6.42 Å². The van der Waals surface area contributed by atoms with Crippen LogP contribution in [-0.4, -0.2) is 6.61 Å². The second kappa shape index (κ2) is 9.39. The van der Waals surface area contributed by atoms with E-state index in [2.05, 4.69) is 69.3 Å². The molecule has 0 unspecified atom stereocenters. The Morgan fingerprint density at radius 3 is 1.74 bits per heavy atom. The third-order valence-corrected chi connectivity index (χ3v) is 4.43. The summed E-state index contributed by atoms with van der Waals surface area (Å²) in [5.74, 6) is 1.67. The minimum atomic E-state index is 0.686. The molecule has 0 spiro atoms. The average Bonchev–Trinajstić information content (AvgIpc) is 2.61. The van der Waals surface area contributed by atoms with Gasteiger partial charge in [-0.1, -0.05) is 70.0 Å². The first kappa shape index (κ1) is 17.6. The van der Waals surface area contributed by atoms with Gasteiger partial charge < -0.3 is 4.74 Å². The molecule has 0 aromatic heterocycles. The zero-order valence-corrected chi connectivity index (χ0v) is 14.8. The van der Waals surface area contributed by atoms with Gasteiger partial charge in [-0.15, -0.1) is 0 Å². The smallest absolute Gasteiger partial charge is 0.119 e. The maximum Gasteiger partial charge on any atom is 0.119 e. The molecule has 0 radical (unpaired) electrons. The molecule has 0 aliphatic carbocycles. The third-order valence-electron chi connectivity index (χ3n) is 4.43. The van der Waals surface area contributed by atoms with E-state index < -0.39 is 0 Å². The Labute approximate surface area is 141 Å². The summed E-state index contributed by atoms with van der Waals surface area (Å²) < 4.78 is 6.00. The second-order valence-electron chi connectivity index (χ2n) is 6.33. The van der Waals surface area contributed by atoms with Crippen molar-refractivity contribution in [2.24, 2.45) is 5.92 Å². The average molecular weight is 310 g/mol. The Balaban J connectivity index is 1.95. The number of aryl methyl sites for hydroxylation is 1. The molecule has 23 heavy (non-hydrogen) atoms. The maximum absolute atomic E-state index is 6.00. The van der Waals surface area contributed by atoms with Gasteiger partial charge in [0.05, 0.1) is 6.61 Å². The fraction of sp³-hybridized carbons (Fsp3) is 0.455. The highest BCUT2D eigenvalue weighted by atomic mass is 16.5. The summed E-state index contributed by atoms with van der Waals surface area (Å²) in [7, 11) is 0. The fourth-order valence-electron chi connectivity index (χ4n) is 3.02. The lowest BCUT2D eigenvalue weighted by Crippen LogP contribution is -2.11. The van der Waals surface area contributed by atoms with Crippen LogP contribution in [0.3, 0.4) is 0 Å². The van der Waals surface area contributed by atoms with Gasteiger partial charge in [0.15, 0.2) is 0 Å². The van der Waals surface area contributed by atoms with Crippen LogP contribution in [0.25, 0.3) is 11.1 Å². The zero-order valence-electron chi connectivity index (χ0n) is 14.8. The Kier molecular flexibility index (Phi) is 7.19. The van der Waals surface area contributed by atoms with Crippen LogP contribution in [0.2, 0.25) is 0 Å². The molecule has 0 atom stereocenters. The lowest BCUT2D eigenvalue weighted by molar-refractivity contribution is 0.229. The van der Waals surface area contributed by atoms with E-state index in [4.69, 9.17) is 4.74 Å². The molecule has 1 heteroatoms. The van der Waals surface area contributed by atoms with Crippen LogP contribution in [0.5, 0.6) is 5.75 Å². The SMILES string of the molecule is CCCC(CCC)COc1ccc(-c2ccc(CC)cc2)cc1. The van der Waals surface area contributed by atoms with Gasteiger partial charge in [0.2, 0.25) is 0 Å². The normalized spacial score (nSPS) is 11.0. The lowest BCUT2D eigenvalue weighted by atomic mass is 9.99. The van der Waals surface area contributed by atoms with E-state index in [1.54, 1.807) is 0 Å². The van der Waals surface area contributed by atoms with Gasteiger partial charge >= 0.3 is 0 Å². The van der Waals surface area contributed by atoms with Gasteiger partial charge in [-0.3, -0.25) is 0 Å². The van der Waals surface area contributed by atoms with E-state index in [0.29, 0.717) is 5.92 Å². The predicted molar refractivity (Wildman–Crippen MR) is 100 cm³/mol. The fourth-order valence-corrected chi connectivity index (χ4v) is 3.02. The molecule has 1 nitrogen and oxygen atoms in total. The molecule has 0 amide bonds. The van der Waals surface area contributed by atoms with E-state index in [0.717, 1.165) is 18.8 Å². The predicted octanol–water partition coefficient (Wildman–Crippen LogP) is 6.51. The molecule has 2 aromatic rings. The first-order valence-corrected chi connectivity index (χ1v) is 9.09. The molecular formula is C22H30O. The standard InChI is InChI=1S/C22H30O/c1-4-7-19(8-5-2)17-23-22-15-13-21(14-16-22)20-11-9-18(6-3)10-12-20/h9-16,19H,4-8,17H2,1-3H3. The summed E-state index contributed by atoms with van der Waals surface area (Å²) in [6, 6.07) is 17.3. The van der Waals surface area contributed by atoms with E-state index in [9.17, 15) is 0 Å². The molecule has 0 heterocycles. The first-order valence-electron chi connectivity index (χ1n) is 9.09. The van der Waals surface area contributed by atoms with Gasteiger partial charge in [-0.05, 0) is 54.0 Å². The van der Waals surface area contributed by atoms with Crippen molar-refractivity contribution in [3.8, 4) is 16.9 Å². The second-order valence-corrected chi connectivity index (χ2v) is 6.33. The molecule has 124 valence electrons. The minimum absolute atomic E-state index is 0.686. The molecule has 2 aromatic carbocycles. The number of rotatable bonds is 9. The molecule has 0 aliphatic heterocycles. The van der Waals surface area contributed by atoms with Crippen molar-refractivity contribution in [1.82, 2.24) is 0 Å². The summed E-state index contributed by atoms with van der Waals surface area (Å²) in [5.41, 5.74) is 3.90. The van der Waals surface area contributed by atoms with Crippen molar-refractivity contribution in [2.45, 2.75) is 52.9 Å². The van der Waals surface area contributed by atoms with Gasteiger partial charge in [0, 0.05) is 0 Å².